The molecule has 1 aliphatic heterocycles. The average molecular weight is 344 g/mol. The van der Waals surface area contributed by atoms with Crippen LogP contribution in [0.4, 0.5) is 4.79 Å². The van der Waals surface area contributed by atoms with Crippen molar-refractivity contribution >= 4 is 28.8 Å². The third-order valence-corrected chi connectivity index (χ3v) is 4.53. The quantitative estimate of drug-likeness (QED) is 0.891. The molecule has 0 saturated carbocycles. The van der Waals surface area contributed by atoms with Gasteiger partial charge in [-0.2, -0.15) is 5.10 Å². The Kier molecular flexibility index (Phi) is 4.66. The molecule has 1 fully saturated rings. The lowest BCUT2D eigenvalue weighted by atomic mass is 10.2. The lowest BCUT2D eigenvalue weighted by molar-refractivity contribution is -0.124. The maximum absolute atomic E-state index is 12.1. The molecule has 0 spiro atoms. The number of hydrogen-bond donors (Lipinski definition) is 1. The summed E-state index contributed by atoms with van der Waals surface area (Å²) in [7, 11) is 0. The Morgan fingerprint density at radius 2 is 2.00 bits per heavy atom. The first-order chi connectivity index (χ1) is 11.6. The summed E-state index contributed by atoms with van der Waals surface area (Å²) >= 11 is 0.987. The molecule has 0 bridgehead atoms. The van der Waals surface area contributed by atoms with Crippen LogP contribution in [0.3, 0.4) is 0 Å². The van der Waals surface area contributed by atoms with Crippen LogP contribution in [0.5, 0.6) is 0 Å². The van der Waals surface area contributed by atoms with Gasteiger partial charge in [0.2, 0.25) is 5.91 Å². The summed E-state index contributed by atoms with van der Waals surface area (Å²) in [5, 5.41) is 6.67. The van der Waals surface area contributed by atoms with Crippen molar-refractivity contribution in [3.05, 3.63) is 47.8 Å². The van der Waals surface area contributed by atoms with Crippen molar-refractivity contribution in [3.8, 4) is 5.69 Å². The fraction of sp³-hybridized carbons (Fsp3) is 0.250. The van der Waals surface area contributed by atoms with Gasteiger partial charge in [-0.1, -0.05) is 11.8 Å². The molecule has 1 N–H and O–H groups in total. The zero-order valence-corrected chi connectivity index (χ0v) is 13.9. The second-order valence-corrected chi connectivity index (χ2v) is 6.21. The molecule has 7 nitrogen and oxygen atoms in total. The van der Waals surface area contributed by atoms with E-state index in [4.69, 9.17) is 0 Å². The molecule has 24 heavy (non-hydrogen) atoms. The highest BCUT2D eigenvalue weighted by Crippen LogP contribution is 2.17. The van der Waals surface area contributed by atoms with Crippen molar-refractivity contribution < 1.29 is 14.4 Å². The minimum Gasteiger partial charge on any atom is -0.350 e. The van der Waals surface area contributed by atoms with E-state index in [0.717, 1.165) is 28.0 Å². The number of benzene rings is 1. The Balaban J connectivity index is 1.56. The van der Waals surface area contributed by atoms with Gasteiger partial charge in [-0.25, -0.2) is 4.68 Å². The SMILES string of the molecule is Cc1ccnn1-c1ccc(C(=O)NCCN2C(=O)CSC2=O)cc1. The first-order valence-electron chi connectivity index (χ1n) is 7.42. The van der Waals surface area contributed by atoms with Gasteiger partial charge in [0.25, 0.3) is 11.1 Å². The van der Waals surface area contributed by atoms with Gasteiger partial charge >= 0.3 is 0 Å². The van der Waals surface area contributed by atoms with E-state index in [2.05, 4.69) is 10.4 Å². The number of carbonyl (C=O) groups excluding carboxylic acids is 3. The molecular formula is C16H16N4O3S. The molecule has 2 aromatic rings. The van der Waals surface area contributed by atoms with Crippen LogP contribution in [-0.2, 0) is 4.79 Å². The summed E-state index contributed by atoms with van der Waals surface area (Å²) in [6, 6.07) is 8.97. The number of carbonyl (C=O) groups is 3. The summed E-state index contributed by atoms with van der Waals surface area (Å²) in [5.74, 6) is -0.273. The standard InChI is InChI=1S/C16H16N4O3S/c1-11-6-7-18-20(11)13-4-2-12(3-5-13)15(22)17-8-9-19-14(21)10-24-16(19)23/h2-7H,8-10H2,1H3,(H,17,22). The Morgan fingerprint density at radius 1 is 1.25 bits per heavy atom. The van der Waals surface area contributed by atoms with Crippen molar-refractivity contribution in [3.63, 3.8) is 0 Å². The number of nitrogens with zero attached hydrogens (tertiary/aromatic N) is 3. The van der Waals surface area contributed by atoms with Crippen molar-refractivity contribution in [2.75, 3.05) is 18.8 Å². The zero-order chi connectivity index (χ0) is 17.1. The number of amides is 3. The van der Waals surface area contributed by atoms with Gasteiger partial charge < -0.3 is 5.32 Å². The molecule has 2 heterocycles. The van der Waals surface area contributed by atoms with Gasteiger partial charge in [-0.05, 0) is 37.3 Å². The van der Waals surface area contributed by atoms with Crippen molar-refractivity contribution in [2.45, 2.75) is 6.92 Å². The minimum atomic E-state index is -0.256. The smallest absolute Gasteiger partial charge is 0.288 e. The Labute approximate surface area is 143 Å². The van der Waals surface area contributed by atoms with Gasteiger partial charge in [-0.3, -0.25) is 19.3 Å². The van der Waals surface area contributed by atoms with Crippen LogP contribution in [0, 0.1) is 6.92 Å². The Morgan fingerprint density at radius 3 is 2.58 bits per heavy atom. The van der Waals surface area contributed by atoms with Crippen LogP contribution in [0.15, 0.2) is 36.5 Å². The summed E-state index contributed by atoms with van der Waals surface area (Å²) in [6.45, 7) is 2.38. The van der Waals surface area contributed by atoms with E-state index >= 15 is 0 Å². The van der Waals surface area contributed by atoms with Crippen LogP contribution in [0.25, 0.3) is 5.69 Å². The second kappa shape index (κ2) is 6.88. The largest absolute Gasteiger partial charge is 0.350 e. The number of aryl methyl sites for hydroxylation is 1. The highest BCUT2D eigenvalue weighted by Gasteiger charge is 2.29. The molecule has 1 aromatic heterocycles. The monoisotopic (exact) mass is 344 g/mol. The van der Waals surface area contributed by atoms with E-state index in [1.165, 1.54) is 0 Å². The predicted octanol–water partition coefficient (Wildman–Crippen LogP) is 1.61. The number of aromatic nitrogens is 2. The predicted molar refractivity (Wildman–Crippen MR) is 90.2 cm³/mol. The van der Waals surface area contributed by atoms with Gasteiger partial charge in [0.05, 0.1) is 11.4 Å². The van der Waals surface area contributed by atoms with Gasteiger partial charge in [-0.15, -0.1) is 0 Å². The van der Waals surface area contributed by atoms with E-state index < -0.39 is 0 Å². The highest BCUT2D eigenvalue weighted by molar-refractivity contribution is 8.14. The molecule has 1 aliphatic rings. The summed E-state index contributed by atoms with van der Waals surface area (Å²) in [5.41, 5.74) is 2.39. The van der Waals surface area contributed by atoms with Crippen LogP contribution in [0.2, 0.25) is 0 Å². The first-order valence-corrected chi connectivity index (χ1v) is 8.41. The van der Waals surface area contributed by atoms with E-state index in [9.17, 15) is 14.4 Å². The second-order valence-electron chi connectivity index (χ2n) is 5.29. The third kappa shape index (κ3) is 3.33. The normalized spacial score (nSPS) is 14.3. The van der Waals surface area contributed by atoms with E-state index in [0.29, 0.717) is 5.56 Å². The molecule has 0 atom stereocenters. The van der Waals surface area contributed by atoms with Crippen molar-refractivity contribution in [1.82, 2.24) is 20.0 Å². The van der Waals surface area contributed by atoms with Gasteiger partial charge in [0.15, 0.2) is 0 Å². The van der Waals surface area contributed by atoms with Gasteiger partial charge in [0, 0.05) is 30.5 Å². The van der Waals surface area contributed by atoms with Crippen molar-refractivity contribution in [1.29, 1.82) is 0 Å². The molecule has 1 saturated heterocycles. The molecule has 0 radical (unpaired) electrons. The number of rotatable bonds is 5. The van der Waals surface area contributed by atoms with Gasteiger partial charge in [0.1, 0.15) is 0 Å². The summed E-state index contributed by atoms with van der Waals surface area (Å²) in [6.07, 6.45) is 1.72. The van der Waals surface area contributed by atoms with Crippen LogP contribution >= 0.6 is 11.8 Å². The average Bonchev–Trinajstić information content (AvgIpc) is 3.15. The highest BCUT2D eigenvalue weighted by atomic mass is 32.2. The van der Waals surface area contributed by atoms with Crippen molar-refractivity contribution in [2.24, 2.45) is 0 Å². The fourth-order valence-electron chi connectivity index (χ4n) is 2.37. The lowest BCUT2D eigenvalue weighted by Gasteiger charge is -2.13. The first kappa shape index (κ1) is 16.3. The number of hydrogen-bond acceptors (Lipinski definition) is 5. The summed E-state index contributed by atoms with van der Waals surface area (Å²) < 4.78 is 1.78. The molecule has 8 heteroatoms. The molecule has 1 aromatic carbocycles. The fourth-order valence-corrected chi connectivity index (χ4v) is 3.13. The maximum Gasteiger partial charge on any atom is 0.288 e. The van der Waals surface area contributed by atoms with E-state index in [-0.39, 0.29) is 35.9 Å². The molecule has 0 unspecified atom stereocenters. The van der Waals surface area contributed by atoms with Crippen LogP contribution in [0.1, 0.15) is 16.1 Å². The molecule has 3 amide bonds. The number of imide groups is 1. The molecule has 0 aliphatic carbocycles. The molecular weight excluding hydrogens is 328 g/mol. The molecule has 3 rings (SSSR count). The summed E-state index contributed by atoms with van der Waals surface area (Å²) in [4.78, 5) is 36.2. The van der Waals surface area contributed by atoms with Crippen LogP contribution in [-0.4, -0.2) is 50.6 Å². The third-order valence-electron chi connectivity index (χ3n) is 3.67. The lowest BCUT2D eigenvalue weighted by Crippen LogP contribution is -2.37. The zero-order valence-electron chi connectivity index (χ0n) is 13.1. The topological polar surface area (TPSA) is 84.3 Å². The minimum absolute atomic E-state index is 0.182. The Hall–Kier alpha value is -2.61. The Bertz CT molecular complexity index is 769. The van der Waals surface area contributed by atoms with E-state index in [1.807, 2.05) is 25.1 Å². The molecule has 124 valence electrons. The van der Waals surface area contributed by atoms with E-state index in [1.54, 1.807) is 23.0 Å². The van der Waals surface area contributed by atoms with Crippen LogP contribution < -0.4 is 5.32 Å². The number of thioether (sulfide) groups is 1. The number of nitrogens with one attached hydrogen (secondary N) is 1. The maximum atomic E-state index is 12.1.